The maximum atomic E-state index is 11.5. The van der Waals surface area contributed by atoms with E-state index in [0.717, 1.165) is 19.4 Å². The van der Waals surface area contributed by atoms with E-state index in [0.29, 0.717) is 12.5 Å². The Morgan fingerprint density at radius 2 is 2.06 bits per heavy atom. The predicted molar refractivity (Wildman–Crippen MR) is 63.9 cm³/mol. The molecule has 98 valence electrons. The average molecular weight is 243 g/mol. The number of rotatable bonds is 7. The topological polar surface area (TPSA) is 81.7 Å². The van der Waals surface area contributed by atoms with Gasteiger partial charge in [-0.05, 0) is 32.9 Å². The van der Waals surface area contributed by atoms with Gasteiger partial charge in [-0.2, -0.15) is 0 Å². The molecule has 0 aromatic heterocycles. The summed E-state index contributed by atoms with van der Waals surface area (Å²) in [5, 5.41) is 14.2. The fourth-order valence-corrected chi connectivity index (χ4v) is 1.63. The molecule has 2 amide bonds. The summed E-state index contributed by atoms with van der Waals surface area (Å²) < 4.78 is 0. The largest absolute Gasteiger partial charge is 0.481 e. The first-order valence-corrected chi connectivity index (χ1v) is 5.90. The van der Waals surface area contributed by atoms with E-state index in [4.69, 9.17) is 5.11 Å². The summed E-state index contributed by atoms with van der Waals surface area (Å²) in [4.78, 5) is 24.1. The van der Waals surface area contributed by atoms with Gasteiger partial charge in [0.15, 0.2) is 0 Å². The lowest BCUT2D eigenvalue weighted by molar-refractivity contribution is -0.137. The van der Waals surface area contributed by atoms with Crippen molar-refractivity contribution in [3.8, 4) is 0 Å². The summed E-state index contributed by atoms with van der Waals surface area (Å²) in [7, 11) is 3.86. The number of nitrogens with zero attached hydrogens (tertiary/aromatic N) is 1. The Hall–Kier alpha value is -1.30. The molecule has 1 aliphatic carbocycles. The number of aliphatic carboxylic acids is 1. The predicted octanol–water partition coefficient (Wildman–Crippen LogP) is 0.101. The number of carboxylic acids is 1. The quantitative estimate of drug-likeness (QED) is 0.592. The summed E-state index contributed by atoms with van der Waals surface area (Å²) in [6, 6.07) is -0.503. The number of carbonyl (C=O) groups excluding carboxylic acids is 1. The van der Waals surface area contributed by atoms with Crippen LogP contribution in [0, 0.1) is 5.92 Å². The molecule has 1 fully saturated rings. The number of urea groups is 1. The van der Waals surface area contributed by atoms with E-state index in [1.165, 1.54) is 0 Å². The Bertz CT molecular complexity index is 277. The Morgan fingerprint density at radius 3 is 2.53 bits per heavy atom. The van der Waals surface area contributed by atoms with Crippen molar-refractivity contribution < 1.29 is 14.7 Å². The zero-order valence-electron chi connectivity index (χ0n) is 10.4. The van der Waals surface area contributed by atoms with Gasteiger partial charge in [-0.1, -0.05) is 0 Å². The van der Waals surface area contributed by atoms with E-state index in [1.54, 1.807) is 0 Å². The Morgan fingerprint density at radius 1 is 1.41 bits per heavy atom. The van der Waals surface area contributed by atoms with Gasteiger partial charge in [0.05, 0.1) is 6.42 Å². The van der Waals surface area contributed by atoms with Crippen molar-refractivity contribution in [1.82, 2.24) is 15.5 Å². The van der Waals surface area contributed by atoms with Crippen LogP contribution in [0.3, 0.4) is 0 Å². The van der Waals surface area contributed by atoms with Crippen molar-refractivity contribution in [1.29, 1.82) is 0 Å². The zero-order valence-corrected chi connectivity index (χ0v) is 10.4. The third-order valence-corrected chi connectivity index (χ3v) is 2.75. The van der Waals surface area contributed by atoms with Crippen LogP contribution in [-0.2, 0) is 4.79 Å². The van der Waals surface area contributed by atoms with Crippen molar-refractivity contribution in [2.45, 2.75) is 25.3 Å². The molecule has 0 aromatic rings. The highest BCUT2D eigenvalue weighted by atomic mass is 16.4. The summed E-state index contributed by atoms with van der Waals surface area (Å²) in [5.41, 5.74) is 0. The van der Waals surface area contributed by atoms with Gasteiger partial charge >= 0.3 is 12.0 Å². The molecule has 0 spiro atoms. The second kappa shape index (κ2) is 6.44. The van der Waals surface area contributed by atoms with Gasteiger partial charge in [0.2, 0.25) is 0 Å². The highest BCUT2D eigenvalue weighted by molar-refractivity contribution is 5.75. The molecule has 0 aliphatic heterocycles. The Balaban J connectivity index is 2.24. The molecule has 3 N–H and O–H groups in total. The molecule has 1 unspecified atom stereocenters. The smallest absolute Gasteiger partial charge is 0.315 e. The van der Waals surface area contributed by atoms with Crippen molar-refractivity contribution in [3.63, 3.8) is 0 Å². The van der Waals surface area contributed by atoms with E-state index in [1.807, 2.05) is 19.0 Å². The standard InChI is InChI=1S/C11H21N3O3/c1-14(2)6-5-12-11(17)13-9(7-10(15)16)8-3-4-8/h8-9H,3-7H2,1-2H3,(H,15,16)(H2,12,13,17). The van der Waals surface area contributed by atoms with Gasteiger partial charge in [-0.25, -0.2) is 4.79 Å². The molecule has 1 saturated carbocycles. The molecule has 1 atom stereocenters. The molecule has 0 saturated heterocycles. The summed E-state index contributed by atoms with van der Waals surface area (Å²) >= 11 is 0. The van der Waals surface area contributed by atoms with Gasteiger partial charge < -0.3 is 20.6 Å². The summed E-state index contributed by atoms with van der Waals surface area (Å²) in [6.45, 7) is 1.32. The number of nitrogens with one attached hydrogen (secondary N) is 2. The van der Waals surface area contributed by atoms with Crippen LogP contribution in [0.1, 0.15) is 19.3 Å². The summed E-state index contributed by atoms with van der Waals surface area (Å²) in [6.07, 6.45) is 2.03. The Labute approximate surface area is 101 Å². The van der Waals surface area contributed by atoms with Gasteiger partial charge in [0, 0.05) is 19.1 Å². The fraction of sp³-hybridized carbons (Fsp3) is 0.818. The third-order valence-electron chi connectivity index (χ3n) is 2.75. The zero-order chi connectivity index (χ0) is 12.8. The first-order valence-electron chi connectivity index (χ1n) is 5.90. The molecule has 0 radical (unpaired) electrons. The van der Waals surface area contributed by atoms with E-state index >= 15 is 0 Å². The lowest BCUT2D eigenvalue weighted by Crippen LogP contribution is -2.45. The van der Waals surface area contributed by atoms with Crippen LogP contribution in [0.25, 0.3) is 0 Å². The number of hydrogen-bond donors (Lipinski definition) is 3. The van der Waals surface area contributed by atoms with Gasteiger partial charge in [-0.15, -0.1) is 0 Å². The van der Waals surface area contributed by atoms with Crippen LogP contribution in [0.5, 0.6) is 0 Å². The normalized spacial score (nSPS) is 16.6. The minimum absolute atomic E-state index is 0.00572. The Kier molecular flexibility index (Phi) is 5.21. The second-order valence-electron chi connectivity index (χ2n) is 4.75. The van der Waals surface area contributed by atoms with Crippen molar-refractivity contribution in [3.05, 3.63) is 0 Å². The third kappa shape index (κ3) is 6.11. The molecular weight excluding hydrogens is 222 g/mol. The molecular formula is C11H21N3O3. The van der Waals surface area contributed by atoms with Crippen LogP contribution in [0.15, 0.2) is 0 Å². The van der Waals surface area contributed by atoms with E-state index in [2.05, 4.69) is 10.6 Å². The molecule has 0 heterocycles. The first-order chi connectivity index (χ1) is 7.99. The lowest BCUT2D eigenvalue weighted by Gasteiger charge is -2.17. The summed E-state index contributed by atoms with van der Waals surface area (Å²) in [5.74, 6) is -0.527. The molecule has 0 bridgehead atoms. The number of carbonyl (C=O) groups is 2. The molecule has 0 aromatic carbocycles. The SMILES string of the molecule is CN(C)CCNC(=O)NC(CC(=O)O)C1CC1. The number of carboxylic acid groups (broad SMARTS) is 1. The van der Waals surface area contributed by atoms with Crippen LogP contribution >= 0.6 is 0 Å². The monoisotopic (exact) mass is 243 g/mol. The minimum Gasteiger partial charge on any atom is -0.481 e. The van der Waals surface area contributed by atoms with Crippen LogP contribution in [0.4, 0.5) is 4.79 Å². The molecule has 17 heavy (non-hydrogen) atoms. The van der Waals surface area contributed by atoms with E-state index < -0.39 is 5.97 Å². The molecule has 6 nitrogen and oxygen atoms in total. The maximum absolute atomic E-state index is 11.5. The van der Waals surface area contributed by atoms with Crippen LogP contribution < -0.4 is 10.6 Å². The molecule has 1 aliphatic rings. The van der Waals surface area contributed by atoms with E-state index in [9.17, 15) is 9.59 Å². The van der Waals surface area contributed by atoms with Gasteiger partial charge in [-0.3, -0.25) is 4.79 Å². The fourth-order valence-electron chi connectivity index (χ4n) is 1.63. The van der Waals surface area contributed by atoms with Crippen molar-refractivity contribution in [2.75, 3.05) is 27.2 Å². The highest BCUT2D eigenvalue weighted by Crippen LogP contribution is 2.33. The lowest BCUT2D eigenvalue weighted by atomic mass is 10.1. The maximum Gasteiger partial charge on any atom is 0.315 e. The van der Waals surface area contributed by atoms with Gasteiger partial charge in [0.1, 0.15) is 0 Å². The number of amides is 2. The number of hydrogen-bond acceptors (Lipinski definition) is 3. The van der Waals surface area contributed by atoms with Gasteiger partial charge in [0.25, 0.3) is 0 Å². The van der Waals surface area contributed by atoms with Crippen LogP contribution in [0.2, 0.25) is 0 Å². The van der Waals surface area contributed by atoms with E-state index in [-0.39, 0.29) is 18.5 Å². The van der Waals surface area contributed by atoms with Crippen LogP contribution in [-0.4, -0.2) is 55.2 Å². The molecule has 6 heteroatoms. The second-order valence-corrected chi connectivity index (χ2v) is 4.75. The molecule has 1 rings (SSSR count). The number of likely N-dealkylation sites (N-methyl/N-ethyl adjacent to an activating group) is 1. The van der Waals surface area contributed by atoms with Crippen molar-refractivity contribution in [2.24, 2.45) is 5.92 Å². The first kappa shape index (κ1) is 13.8. The average Bonchev–Trinajstić information content (AvgIpc) is 2.98. The van der Waals surface area contributed by atoms with Crippen molar-refractivity contribution >= 4 is 12.0 Å². The minimum atomic E-state index is -0.865. The highest BCUT2D eigenvalue weighted by Gasteiger charge is 2.33.